The van der Waals surface area contributed by atoms with E-state index < -0.39 is 6.61 Å². The van der Waals surface area contributed by atoms with Gasteiger partial charge in [0.05, 0.1) is 19.1 Å². The van der Waals surface area contributed by atoms with Crippen LogP contribution in [0.2, 0.25) is 0 Å². The number of nitrogens with zero attached hydrogens (tertiary/aromatic N) is 1. The largest absolute Gasteiger partial charge is 0.435 e. The lowest BCUT2D eigenvalue weighted by molar-refractivity contribution is -0.131. The van der Waals surface area contributed by atoms with Crippen molar-refractivity contribution in [3.8, 4) is 5.75 Å². The fraction of sp³-hybridized carbons (Fsp3) is 0.462. The molecule has 1 rings (SSSR count). The van der Waals surface area contributed by atoms with Gasteiger partial charge in [-0.3, -0.25) is 4.79 Å². The Kier molecular flexibility index (Phi) is 5.69. The van der Waals surface area contributed by atoms with Gasteiger partial charge in [-0.25, -0.2) is 0 Å². The zero-order valence-electron chi connectivity index (χ0n) is 10.8. The van der Waals surface area contributed by atoms with E-state index in [9.17, 15) is 13.6 Å². The molecule has 0 radical (unpaired) electrons. The molecule has 19 heavy (non-hydrogen) atoms. The van der Waals surface area contributed by atoms with Crippen LogP contribution < -0.4 is 4.74 Å². The van der Waals surface area contributed by atoms with E-state index in [0.717, 1.165) is 0 Å². The molecule has 0 aliphatic carbocycles. The summed E-state index contributed by atoms with van der Waals surface area (Å²) >= 11 is 0. The Labute approximate surface area is 110 Å². The number of aliphatic hydroxyl groups excluding tert-OH is 1. The van der Waals surface area contributed by atoms with Crippen molar-refractivity contribution in [3.05, 3.63) is 29.8 Å². The van der Waals surface area contributed by atoms with Crippen LogP contribution in [0.3, 0.4) is 0 Å². The minimum absolute atomic E-state index is 0.0586. The average molecular weight is 273 g/mol. The van der Waals surface area contributed by atoms with Crippen LogP contribution in [-0.4, -0.2) is 42.2 Å². The standard InChI is InChI=1S/C13H17F2NO3/c1-9(8-17)16(2)12(18)7-10-3-5-11(6-4-10)19-13(14)15/h3-6,9,13,17H,7-8H2,1-2H3. The number of hydrogen-bond donors (Lipinski definition) is 1. The van der Waals surface area contributed by atoms with Crippen molar-refractivity contribution in [2.24, 2.45) is 0 Å². The number of amides is 1. The van der Waals surface area contributed by atoms with Gasteiger partial charge in [0, 0.05) is 7.05 Å². The fourth-order valence-corrected chi connectivity index (χ4v) is 1.46. The van der Waals surface area contributed by atoms with E-state index in [1.54, 1.807) is 26.1 Å². The molecule has 0 aromatic heterocycles. The molecule has 1 aromatic rings. The van der Waals surface area contributed by atoms with Gasteiger partial charge in [0.1, 0.15) is 5.75 Å². The first kappa shape index (κ1) is 15.4. The first-order valence-electron chi connectivity index (χ1n) is 5.84. The Morgan fingerprint density at radius 2 is 1.95 bits per heavy atom. The van der Waals surface area contributed by atoms with Crippen molar-refractivity contribution in [1.29, 1.82) is 0 Å². The summed E-state index contributed by atoms with van der Waals surface area (Å²) in [6.07, 6.45) is 0.149. The number of likely N-dealkylation sites (N-methyl/N-ethyl adjacent to an activating group) is 1. The van der Waals surface area contributed by atoms with Gasteiger partial charge >= 0.3 is 6.61 Å². The maximum atomic E-state index is 12.0. The van der Waals surface area contributed by atoms with Crippen molar-refractivity contribution in [2.75, 3.05) is 13.7 Å². The number of carbonyl (C=O) groups is 1. The Morgan fingerprint density at radius 3 is 2.42 bits per heavy atom. The smallest absolute Gasteiger partial charge is 0.387 e. The second-order valence-electron chi connectivity index (χ2n) is 4.24. The summed E-state index contributed by atoms with van der Waals surface area (Å²) < 4.78 is 28.1. The SMILES string of the molecule is CC(CO)N(C)C(=O)Cc1ccc(OC(F)F)cc1. The third kappa shape index (κ3) is 4.82. The summed E-state index contributed by atoms with van der Waals surface area (Å²) in [6, 6.07) is 5.66. The number of halogens is 2. The van der Waals surface area contributed by atoms with Gasteiger partial charge in [0.25, 0.3) is 0 Å². The van der Waals surface area contributed by atoms with Crippen LogP contribution in [0.15, 0.2) is 24.3 Å². The van der Waals surface area contributed by atoms with Gasteiger partial charge in [0.15, 0.2) is 0 Å². The Balaban J connectivity index is 2.60. The van der Waals surface area contributed by atoms with Gasteiger partial charge in [-0.1, -0.05) is 12.1 Å². The van der Waals surface area contributed by atoms with Crippen LogP contribution in [0, 0.1) is 0 Å². The average Bonchev–Trinajstić information content (AvgIpc) is 2.38. The molecule has 4 nitrogen and oxygen atoms in total. The molecular formula is C13H17F2NO3. The number of benzene rings is 1. The minimum atomic E-state index is -2.86. The van der Waals surface area contributed by atoms with E-state index in [1.165, 1.54) is 17.0 Å². The highest BCUT2D eigenvalue weighted by Gasteiger charge is 2.15. The molecule has 1 aromatic carbocycles. The molecule has 1 atom stereocenters. The number of aliphatic hydroxyl groups is 1. The van der Waals surface area contributed by atoms with Crippen LogP contribution in [0.5, 0.6) is 5.75 Å². The molecule has 1 unspecified atom stereocenters. The van der Waals surface area contributed by atoms with Gasteiger partial charge in [0.2, 0.25) is 5.91 Å². The number of alkyl halides is 2. The van der Waals surface area contributed by atoms with Gasteiger partial charge < -0.3 is 14.7 Å². The zero-order chi connectivity index (χ0) is 14.4. The summed E-state index contributed by atoms with van der Waals surface area (Å²) in [5.74, 6) is -0.0904. The lowest BCUT2D eigenvalue weighted by Crippen LogP contribution is -2.38. The van der Waals surface area contributed by atoms with Crippen molar-refractivity contribution >= 4 is 5.91 Å². The quantitative estimate of drug-likeness (QED) is 0.857. The molecule has 1 N–H and O–H groups in total. The highest BCUT2D eigenvalue weighted by Crippen LogP contribution is 2.15. The highest BCUT2D eigenvalue weighted by atomic mass is 19.3. The molecule has 0 fully saturated rings. The van der Waals surface area contributed by atoms with Crippen LogP contribution in [-0.2, 0) is 11.2 Å². The second-order valence-corrected chi connectivity index (χ2v) is 4.24. The molecule has 0 spiro atoms. The molecule has 0 bridgehead atoms. The summed E-state index contributed by atoms with van der Waals surface area (Å²) in [7, 11) is 1.61. The van der Waals surface area contributed by atoms with E-state index in [1.807, 2.05) is 0 Å². The Hall–Kier alpha value is -1.69. The third-order valence-corrected chi connectivity index (χ3v) is 2.82. The first-order chi connectivity index (χ1) is 8.93. The normalized spacial score (nSPS) is 12.3. The molecule has 0 saturated heterocycles. The van der Waals surface area contributed by atoms with E-state index in [-0.39, 0.29) is 30.7 Å². The molecule has 6 heteroatoms. The summed E-state index contributed by atoms with van der Waals surface area (Å²) in [4.78, 5) is 13.3. The van der Waals surface area contributed by atoms with Crippen LogP contribution in [0.4, 0.5) is 8.78 Å². The topological polar surface area (TPSA) is 49.8 Å². The molecule has 1 amide bonds. The molecule has 106 valence electrons. The van der Waals surface area contributed by atoms with Gasteiger partial charge in [-0.05, 0) is 24.6 Å². The lowest BCUT2D eigenvalue weighted by atomic mass is 10.1. The van der Waals surface area contributed by atoms with Crippen LogP contribution in [0.1, 0.15) is 12.5 Å². The fourth-order valence-electron chi connectivity index (χ4n) is 1.46. The number of rotatable bonds is 6. The number of carbonyl (C=O) groups excluding carboxylic acids is 1. The van der Waals surface area contributed by atoms with Gasteiger partial charge in [-0.2, -0.15) is 8.78 Å². The molecule has 0 saturated carbocycles. The summed E-state index contributed by atoms with van der Waals surface area (Å²) in [6.45, 7) is -1.23. The predicted molar refractivity (Wildman–Crippen MR) is 66.1 cm³/mol. The zero-order valence-corrected chi connectivity index (χ0v) is 10.8. The molecule has 0 aliphatic rings. The minimum Gasteiger partial charge on any atom is -0.435 e. The summed E-state index contributed by atoms with van der Waals surface area (Å²) in [5, 5.41) is 8.96. The van der Waals surface area contributed by atoms with Crippen molar-refractivity contribution in [2.45, 2.75) is 26.0 Å². The Bertz CT molecular complexity index is 409. The van der Waals surface area contributed by atoms with Crippen molar-refractivity contribution < 1.29 is 23.4 Å². The van der Waals surface area contributed by atoms with Crippen molar-refractivity contribution in [1.82, 2.24) is 4.90 Å². The lowest BCUT2D eigenvalue weighted by Gasteiger charge is -2.23. The van der Waals surface area contributed by atoms with Crippen molar-refractivity contribution in [3.63, 3.8) is 0 Å². The Morgan fingerprint density at radius 1 is 1.37 bits per heavy atom. The maximum absolute atomic E-state index is 12.0. The van der Waals surface area contributed by atoms with Gasteiger partial charge in [-0.15, -0.1) is 0 Å². The molecule has 0 heterocycles. The second kappa shape index (κ2) is 7.04. The number of hydrogen-bond acceptors (Lipinski definition) is 3. The monoisotopic (exact) mass is 273 g/mol. The first-order valence-corrected chi connectivity index (χ1v) is 5.84. The highest BCUT2D eigenvalue weighted by molar-refractivity contribution is 5.78. The molecular weight excluding hydrogens is 256 g/mol. The number of ether oxygens (including phenoxy) is 1. The van der Waals surface area contributed by atoms with E-state index >= 15 is 0 Å². The van der Waals surface area contributed by atoms with E-state index in [4.69, 9.17) is 5.11 Å². The van der Waals surface area contributed by atoms with Crippen LogP contribution in [0.25, 0.3) is 0 Å². The summed E-state index contributed by atoms with van der Waals surface area (Å²) in [5.41, 5.74) is 0.698. The predicted octanol–water partition coefficient (Wildman–Crippen LogP) is 1.67. The van der Waals surface area contributed by atoms with E-state index in [2.05, 4.69) is 4.74 Å². The molecule has 0 aliphatic heterocycles. The van der Waals surface area contributed by atoms with E-state index in [0.29, 0.717) is 5.56 Å². The maximum Gasteiger partial charge on any atom is 0.387 e. The third-order valence-electron chi connectivity index (χ3n) is 2.82. The van der Waals surface area contributed by atoms with Crippen LogP contribution >= 0.6 is 0 Å².